The van der Waals surface area contributed by atoms with E-state index in [1.807, 2.05) is 12.4 Å². The van der Waals surface area contributed by atoms with Crippen LogP contribution in [0.3, 0.4) is 0 Å². The van der Waals surface area contributed by atoms with E-state index >= 15 is 0 Å². The number of benzene rings is 3. The molecule has 0 saturated carbocycles. The summed E-state index contributed by atoms with van der Waals surface area (Å²) in [7, 11) is 0. The van der Waals surface area contributed by atoms with E-state index in [1.165, 1.54) is 58.4 Å². The summed E-state index contributed by atoms with van der Waals surface area (Å²) in [6.07, 6.45) is 8.82. The maximum absolute atomic E-state index is 4.20. The molecule has 0 N–H and O–H groups in total. The van der Waals surface area contributed by atoms with Gasteiger partial charge in [0.15, 0.2) is 0 Å². The van der Waals surface area contributed by atoms with Crippen LogP contribution in [0.4, 0.5) is 0 Å². The molecule has 0 saturated heterocycles. The van der Waals surface area contributed by atoms with Gasteiger partial charge in [-0.1, -0.05) is 36.4 Å². The zero-order valence-corrected chi connectivity index (χ0v) is 13.6. The van der Waals surface area contributed by atoms with Gasteiger partial charge in [-0.05, 0) is 87.7 Å². The van der Waals surface area contributed by atoms with Gasteiger partial charge in [-0.3, -0.25) is 4.98 Å². The molecule has 1 aromatic heterocycles. The first-order valence-electron chi connectivity index (χ1n) is 8.78. The summed E-state index contributed by atoms with van der Waals surface area (Å²) in [5.74, 6) is 0. The lowest BCUT2D eigenvalue weighted by atomic mass is 9.83. The highest BCUT2D eigenvalue weighted by atomic mass is 14.6. The molecule has 0 aliphatic heterocycles. The molecule has 1 heteroatoms. The van der Waals surface area contributed by atoms with Crippen LogP contribution >= 0.6 is 0 Å². The average molecular weight is 309 g/mol. The first kappa shape index (κ1) is 13.7. The summed E-state index contributed by atoms with van der Waals surface area (Å²) < 4.78 is 0. The Labute approximate surface area is 142 Å². The van der Waals surface area contributed by atoms with Crippen molar-refractivity contribution in [3.05, 3.63) is 78.1 Å². The molecule has 24 heavy (non-hydrogen) atoms. The van der Waals surface area contributed by atoms with E-state index in [0.29, 0.717) is 0 Å². The van der Waals surface area contributed by atoms with Crippen LogP contribution in [0.2, 0.25) is 0 Å². The van der Waals surface area contributed by atoms with Gasteiger partial charge in [0.1, 0.15) is 0 Å². The molecule has 0 bridgehead atoms. The SMILES string of the molecule is c1ccc2c(c1)cc(-c1ccncc1)c1c3c(ccc12)CCCC3. The summed E-state index contributed by atoms with van der Waals surface area (Å²) in [4.78, 5) is 4.20. The van der Waals surface area contributed by atoms with Crippen molar-refractivity contribution in [1.82, 2.24) is 4.98 Å². The lowest BCUT2D eigenvalue weighted by Gasteiger charge is -2.21. The predicted octanol–water partition coefficient (Wildman–Crippen LogP) is 5.93. The van der Waals surface area contributed by atoms with Crippen LogP contribution in [0.15, 0.2) is 67.0 Å². The van der Waals surface area contributed by atoms with Gasteiger partial charge in [0, 0.05) is 12.4 Å². The molecule has 1 aliphatic carbocycles. The number of nitrogens with zero attached hydrogens (tertiary/aromatic N) is 1. The zero-order valence-electron chi connectivity index (χ0n) is 13.6. The van der Waals surface area contributed by atoms with Crippen LogP contribution in [0.25, 0.3) is 32.7 Å². The topological polar surface area (TPSA) is 12.9 Å². The van der Waals surface area contributed by atoms with E-state index in [2.05, 4.69) is 59.6 Å². The quantitative estimate of drug-likeness (QED) is 0.397. The van der Waals surface area contributed by atoms with Crippen LogP contribution in [-0.4, -0.2) is 4.98 Å². The van der Waals surface area contributed by atoms with Crippen molar-refractivity contribution in [2.45, 2.75) is 25.7 Å². The number of hydrogen-bond donors (Lipinski definition) is 0. The molecule has 3 aromatic carbocycles. The van der Waals surface area contributed by atoms with Crippen LogP contribution in [0, 0.1) is 0 Å². The lowest BCUT2D eigenvalue weighted by Crippen LogP contribution is -2.04. The molecular formula is C23H19N. The number of aryl methyl sites for hydroxylation is 2. The number of aromatic nitrogens is 1. The van der Waals surface area contributed by atoms with Crippen molar-refractivity contribution in [1.29, 1.82) is 0 Å². The fourth-order valence-corrected chi connectivity index (χ4v) is 4.22. The summed E-state index contributed by atoms with van der Waals surface area (Å²) in [6.45, 7) is 0. The molecule has 116 valence electrons. The van der Waals surface area contributed by atoms with Gasteiger partial charge in [-0.15, -0.1) is 0 Å². The number of pyridine rings is 1. The number of rotatable bonds is 1. The largest absolute Gasteiger partial charge is 0.265 e. The first-order chi connectivity index (χ1) is 11.9. The lowest BCUT2D eigenvalue weighted by molar-refractivity contribution is 0.690. The van der Waals surface area contributed by atoms with Crippen LogP contribution < -0.4 is 0 Å². The summed E-state index contributed by atoms with van der Waals surface area (Å²) in [5.41, 5.74) is 5.72. The highest BCUT2D eigenvalue weighted by molar-refractivity contribution is 6.15. The van der Waals surface area contributed by atoms with E-state index in [9.17, 15) is 0 Å². The molecule has 0 atom stereocenters. The fourth-order valence-electron chi connectivity index (χ4n) is 4.22. The van der Waals surface area contributed by atoms with Gasteiger partial charge >= 0.3 is 0 Å². The minimum atomic E-state index is 1.20. The molecular weight excluding hydrogens is 290 g/mol. The smallest absolute Gasteiger partial charge is 0.0273 e. The third-order valence-electron chi connectivity index (χ3n) is 5.34. The second-order valence-corrected chi connectivity index (χ2v) is 6.71. The maximum atomic E-state index is 4.20. The number of hydrogen-bond acceptors (Lipinski definition) is 1. The van der Waals surface area contributed by atoms with Crippen LogP contribution in [0.5, 0.6) is 0 Å². The van der Waals surface area contributed by atoms with Gasteiger partial charge in [0.2, 0.25) is 0 Å². The Kier molecular flexibility index (Phi) is 3.12. The standard InChI is InChI=1S/C23H19N/c1-4-8-20-16(5-1)9-10-21-19-7-3-2-6-18(19)15-22(23(20)21)17-11-13-24-14-12-17/h2-3,6-7,9-15H,1,4-5,8H2. The molecule has 5 rings (SSSR count). The van der Waals surface area contributed by atoms with Crippen LogP contribution in [-0.2, 0) is 12.8 Å². The van der Waals surface area contributed by atoms with Crippen molar-refractivity contribution < 1.29 is 0 Å². The summed E-state index contributed by atoms with van der Waals surface area (Å²) in [6, 6.07) is 20.1. The average Bonchev–Trinajstić information content (AvgIpc) is 2.67. The maximum Gasteiger partial charge on any atom is 0.0273 e. The highest BCUT2D eigenvalue weighted by Crippen LogP contribution is 2.39. The molecule has 1 nitrogen and oxygen atoms in total. The third kappa shape index (κ3) is 2.05. The molecule has 4 aromatic rings. The van der Waals surface area contributed by atoms with Gasteiger partial charge in [-0.25, -0.2) is 0 Å². The molecule has 0 unspecified atom stereocenters. The van der Waals surface area contributed by atoms with Gasteiger partial charge in [-0.2, -0.15) is 0 Å². The Hall–Kier alpha value is -2.67. The molecule has 1 aliphatic rings. The van der Waals surface area contributed by atoms with Crippen LogP contribution in [0.1, 0.15) is 24.0 Å². The van der Waals surface area contributed by atoms with Crippen molar-refractivity contribution in [2.24, 2.45) is 0 Å². The van der Waals surface area contributed by atoms with E-state index in [0.717, 1.165) is 0 Å². The fraction of sp³-hybridized carbons (Fsp3) is 0.174. The zero-order chi connectivity index (χ0) is 15.9. The Bertz CT molecular complexity index is 1050. The van der Waals surface area contributed by atoms with Crippen molar-refractivity contribution in [3.8, 4) is 11.1 Å². The van der Waals surface area contributed by atoms with E-state index in [-0.39, 0.29) is 0 Å². The normalized spacial score (nSPS) is 14.0. The molecule has 0 amide bonds. The Morgan fingerprint density at radius 1 is 0.750 bits per heavy atom. The number of fused-ring (bicyclic) bond motifs is 5. The second kappa shape index (κ2) is 5.45. The summed E-state index contributed by atoms with van der Waals surface area (Å²) in [5, 5.41) is 5.52. The molecule has 0 fully saturated rings. The highest BCUT2D eigenvalue weighted by Gasteiger charge is 2.17. The van der Waals surface area contributed by atoms with Crippen molar-refractivity contribution >= 4 is 21.5 Å². The minimum Gasteiger partial charge on any atom is -0.265 e. The minimum absolute atomic E-state index is 1.20. The Morgan fingerprint density at radius 2 is 1.58 bits per heavy atom. The van der Waals surface area contributed by atoms with Gasteiger partial charge in [0.25, 0.3) is 0 Å². The van der Waals surface area contributed by atoms with Crippen molar-refractivity contribution in [3.63, 3.8) is 0 Å². The van der Waals surface area contributed by atoms with Crippen molar-refractivity contribution in [2.75, 3.05) is 0 Å². The second-order valence-electron chi connectivity index (χ2n) is 6.71. The van der Waals surface area contributed by atoms with Gasteiger partial charge in [0.05, 0.1) is 0 Å². The Balaban J connectivity index is 1.98. The third-order valence-corrected chi connectivity index (χ3v) is 5.34. The molecule has 0 radical (unpaired) electrons. The molecule has 0 spiro atoms. The van der Waals surface area contributed by atoms with Gasteiger partial charge < -0.3 is 0 Å². The van der Waals surface area contributed by atoms with E-state index in [4.69, 9.17) is 0 Å². The molecule has 1 heterocycles. The summed E-state index contributed by atoms with van der Waals surface area (Å²) >= 11 is 0. The monoisotopic (exact) mass is 309 g/mol. The first-order valence-corrected chi connectivity index (χ1v) is 8.78. The predicted molar refractivity (Wildman–Crippen MR) is 101 cm³/mol. The Morgan fingerprint density at radius 3 is 2.50 bits per heavy atom. The van der Waals surface area contributed by atoms with E-state index < -0.39 is 0 Å². The van der Waals surface area contributed by atoms with E-state index in [1.54, 1.807) is 11.1 Å².